The molecule has 1 aliphatic heterocycles. The lowest BCUT2D eigenvalue weighted by Crippen LogP contribution is -2.67. The minimum atomic E-state index is -1.54. The number of methoxy groups -OCH3 is 1. The lowest BCUT2D eigenvalue weighted by Gasteiger charge is -2.44. The lowest BCUT2D eigenvalue weighted by atomic mass is 9.86. The van der Waals surface area contributed by atoms with E-state index in [2.05, 4.69) is 5.32 Å². The summed E-state index contributed by atoms with van der Waals surface area (Å²) in [5, 5.41) is 71.4. The van der Waals surface area contributed by atoms with Crippen LogP contribution in [0.3, 0.4) is 0 Å². The zero-order chi connectivity index (χ0) is 18.0. The minimum Gasteiger partial charge on any atom is -0.394 e. The van der Waals surface area contributed by atoms with Gasteiger partial charge in [-0.2, -0.15) is 0 Å². The van der Waals surface area contributed by atoms with Gasteiger partial charge in [0.05, 0.1) is 25.3 Å². The van der Waals surface area contributed by atoms with Gasteiger partial charge < -0.3 is 50.5 Å². The summed E-state index contributed by atoms with van der Waals surface area (Å²) >= 11 is 0. The molecule has 4 unspecified atom stereocenters. The first-order valence-corrected chi connectivity index (χ1v) is 7.62. The average Bonchev–Trinajstić information content (AvgIpc) is 2.59. The van der Waals surface area contributed by atoms with Gasteiger partial charge in [-0.05, 0) is 5.57 Å². The second-order valence-corrected chi connectivity index (χ2v) is 5.99. The fraction of sp³-hybridized carbons (Fsp3) is 0.857. The van der Waals surface area contributed by atoms with Gasteiger partial charge in [0.25, 0.3) is 0 Å². The third-order valence-electron chi connectivity index (χ3n) is 4.50. The molecule has 0 aromatic rings. The summed E-state index contributed by atoms with van der Waals surface area (Å²) in [5.41, 5.74) is 0.104. The summed E-state index contributed by atoms with van der Waals surface area (Å²) < 4.78 is 10.2. The van der Waals surface area contributed by atoms with Gasteiger partial charge in [-0.1, -0.05) is 6.08 Å². The second kappa shape index (κ2) is 8.15. The Kier molecular flexibility index (Phi) is 6.67. The smallest absolute Gasteiger partial charge is 0.186 e. The Morgan fingerprint density at radius 2 is 1.71 bits per heavy atom. The topological polar surface area (TPSA) is 172 Å². The Morgan fingerprint density at radius 1 is 1.04 bits per heavy atom. The zero-order valence-corrected chi connectivity index (χ0v) is 13.1. The van der Waals surface area contributed by atoms with Crippen molar-refractivity contribution < 1.29 is 45.2 Å². The Labute approximate surface area is 138 Å². The number of ether oxygens (including phenoxy) is 2. The van der Waals surface area contributed by atoms with E-state index in [1.165, 1.54) is 13.2 Å². The van der Waals surface area contributed by atoms with Crippen LogP contribution in [0.1, 0.15) is 0 Å². The van der Waals surface area contributed by atoms with Crippen molar-refractivity contribution in [2.24, 2.45) is 0 Å². The van der Waals surface area contributed by atoms with Crippen LogP contribution in [-0.2, 0) is 9.47 Å². The molecule has 10 heteroatoms. The standard InChI is InChI=1S/C14H25NO9/c1-23-14-13(22)11(20)8(7(4-17)24-14)15-6-2-5(3-16)9(18)12(21)10(6)19/h2,6-22H,3-4H2,1H3/t6?,7-,8+,9-,10+,11+,12?,13?,14?/m1/s1. The van der Waals surface area contributed by atoms with Crippen LogP contribution < -0.4 is 5.32 Å². The third-order valence-corrected chi connectivity index (χ3v) is 4.50. The van der Waals surface area contributed by atoms with E-state index in [0.29, 0.717) is 0 Å². The van der Waals surface area contributed by atoms with Gasteiger partial charge in [-0.3, -0.25) is 0 Å². The molecule has 1 saturated heterocycles. The van der Waals surface area contributed by atoms with Gasteiger partial charge in [0.15, 0.2) is 6.29 Å². The molecular weight excluding hydrogens is 326 g/mol. The van der Waals surface area contributed by atoms with E-state index in [4.69, 9.17) is 9.47 Å². The summed E-state index contributed by atoms with van der Waals surface area (Å²) in [6.45, 7) is -1.02. The molecule has 8 N–H and O–H groups in total. The first kappa shape index (κ1) is 19.7. The van der Waals surface area contributed by atoms with E-state index in [1.54, 1.807) is 0 Å². The highest BCUT2D eigenvalue weighted by atomic mass is 16.7. The van der Waals surface area contributed by atoms with Crippen molar-refractivity contribution in [3.63, 3.8) is 0 Å². The van der Waals surface area contributed by atoms with E-state index >= 15 is 0 Å². The van der Waals surface area contributed by atoms with Crippen molar-refractivity contribution >= 4 is 0 Å². The molecular formula is C14H25NO9. The van der Waals surface area contributed by atoms with Crippen molar-refractivity contribution in [3.05, 3.63) is 11.6 Å². The number of aliphatic hydroxyl groups excluding tert-OH is 7. The van der Waals surface area contributed by atoms with Crippen molar-refractivity contribution in [1.82, 2.24) is 5.32 Å². The van der Waals surface area contributed by atoms with Crippen LogP contribution in [0, 0.1) is 0 Å². The molecule has 1 aliphatic carbocycles. The molecule has 1 fully saturated rings. The van der Waals surface area contributed by atoms with E-state index in [0.717, 1.165) is 0 Å². The summed E-state index contributed by atoms with van der Waals surface area (Å²) in [5.74, 6) is 0. The first-order chi connectivity index (χ1) is 11.3. The average molecular weight is 351 g/mol. The summed E-state index contributed by atoms with van der Waals surface area (Å²) in [6.07, 6.45) is -7.90. The highest BCUT2D eigenvalue weighted by molar-refractivity contribution is 5.22. The Bertz CT molecular complexity index is 446. The van der Waals surface area contributed by atoms with Crippen molar-refractivity contribution in [3.8, 4) is 0 Å². The van der Waals surface area contributed by atoms with Crippen molar-refractivity contribution in [2.75, 3.05) is 20.3 Å². The van der Waals surface area contributed by atoms with Crippen LogP contribution in [0.5, 0.6) is 0 Å². The molecule has 0 amide bonds. The summed E-state index contributed by atoms with van der Waals surface area (Å²) in [7, 11) is 1.28. The van der Waals surface area contributed by atoms with Crippen LogP contribution in [-0.4, -0.2) is 111 Å². The SMILES string of the molecule is COC1O[C@H](CO)[C@H](NC2C=C(CO)[C@@H](O)C(O)[C@H]2O)[C@H](O)C1O. The predicted molar refractivity (Wildman–Crippen MR) is 78.7 cm³/mol. The molecule has 10 nitrogen and oxygen atoms in total. The van der Waals surface area contributed by atoms with Gasteiger partial charge in [0.1, 0.15) is 36.6 Å². The van der Waals surface area contributed by atoms with E-state index in [9.17, 15) is 35.7 Å². The largest absolute Gasteiger partial charge is 0.394 e. The molecule has 140 valence electrons. The number of rotatable bonds is 5. The molecule has 0 radical (unpaired) electrons. The van der Waals surface area contributed by atoms with Gasteiger partial charge in [0.2, 0.25) is 0 Å². The van der Waals surface area contributed by atoms with E-state index in [-0.39, 0.29) is 5.57 Å². The Hall–Kier alpha value is -0.660. The second-order valence-electron chi connectivity index (χ2n) is 5.99. The Balaban J connectivity index is 2.19. The monoisotopic (exact) mass is 351 g/mol. The quantitative estimate of drug-likeness (QED) is 0.225. The van der Waals surface area contributed by atoms with Gasteiger partial charge >= 0.3 is 0 Å². The van der Waals surface area contributed by atoms with E-state index in [1.807, 2.05) is 0 Å². The maximum Gasteiger partial charge on any atom is 0.186 e. The number of nitrogens with one attached hydrogen (secondary N) is 1. The molecule has 2 aliphatic rings. The number of aliphatic hydroxyl groups is 7. The molecule has 1 heterocycles. The zero-order valence-electron chi connectivity index (χ0n) is 13.1. The van der Waals surface area contributed by atoms with Gasteiger partial charge in [-0.25, -0.2) is 0 Å². The van der Waals surface area contributed by atoms with Crippen LogP contribution >= 0.6 is 0 Å². The first-order valence-electron chi connectivity index (χ1n) is 7.62. The van der Waals surface area contributed by atoms with E-state index < -0.39 is 68.2 Å². The molecule has 0 aromatic heterocycles. The highest BCUT2D eigenvalue weighted by Gasteiger charge is 2.47. The van der Waals surface area contributed by atoms with Gasteiger partial charge in [0, 0.05) is 7.11 Å². The maximum absolute atomic E-state index is 10.3. The number of hydrogen-bond acceptors (Lipinski definition) is 10. The fourth-order valence-electron chi connectivity index (χ4n) is 3.05. The highest BCUT2D eigenvalue weighted by Crippen LogP contribution is 2.25. The van der Waals surface area contributed by atoms with Crippen LogP contribution in [0.15, 0.2) is 11.6 Å². The predicted octanol–water partition coefficient (Wildman–Crippen LogP) is -4.59. The Morgan fingerprint density at radius 3 is 2.25 bits per heavy atom. The normalized spacial score (nSPS) is 46.7. The minimum absolute atomic E-state index is 0.104. The van der Waals surface area contributed by atoms with Crippen LogP contribution in [0.2, 0.25) is 0 Å². The molecule has 0 spiro atoms. The maximum atomic E-state index is 10.3. The molecule has 0 saturated carbocycles. The molecule has 24 heavy (non-hydrogen) atoms. The van der Waals surface area contributed by atoms with Crippen molar-refractivity contribution in [2.45, 2.75) is 55.0 Å². The molecule has 0 aromatic carbocycles. The lowest BCUT2D eigenvalue weighted by molar-refractivity contribution is -0.273. The molecule has 2 rings (SSSR count). The third kappa shape index (κ3) is 3.63. The molecule has 0 bridgehead atoms. The molecule has 9 atom stereocenters. The van der Waals surface area contributed by atoms with Crippen molar-refractivity contribution in [1.29, 1.82) is 0 Å². The van der Waals surface area contributed by atoms with Gasteiger partial charge in [-0.15, -0.1) is 0 Å². The summed E-state index contributed by atoms with van der Waals surface area (Å²) in [6, 6.07) is -1.94. The number of hydrogen-bond donors (Lipinski definition) is 8. The van der Waals surface area contributed by atoms with Crippen LogP contribution in [0.25, 0.3) is 0 Å². The fourth-order valence-corrected chi connectivity index (χ4v) is 3.05. The van der Waals surface area contributed by atoms with Crippen LogP contribution in [0.4, 0.5) is 0 Å². The summed E-state index contributed by atoms with van der Waals surface area (Å²) in [4.78, 5) is 0.